The maximum Gasteiger partial charge on any atom is 0.276 e. The van der Waals surface area contributed by atoms with Crippen molar-refractivity contribution in [3.05, 3.63) is 83.0 Å². The number of aryl methyl sites for hydroxylation is 2. The van der Waals surface area contributed by atoms with Crippen LogP contribution in [-0.2, 0) is 6.54 Å². The van der Waals surface area contributed by atoms with Gasteiger partial charge in [-0.15, -0.1) is 10.2 Å². The summed E-state index contributed by atoms with van der Waals surface area (Å²) in [6.07, 6.45) is 0. The average molecular weight is 332 g/mol. The predicted molar refractivity (Wildman–Crippen MR) is 99.7 cm³/mol. The monoisotopic (exact) mass is 332 g/mol. The number of nitrogens with zero attached hydrogens (tertiary/aromatic N) is 2. The summed E-state index contributed by atoms with van der Waals surface area (Å²) >= 11 is 0. The molecule has 0 fully saturated rings. The molecule has 0 atom stereocenters. The number of carbonyl (C=O) groups excluding carboxylic acids is 1. The average Bonchev–Trinajstić information content (AvgIpc) is 2.60. The highest BCUT2D eigenvalue weighted by Crippen LogP contribution is 2.12. The van der Waals surface area contributed by atoms with Gasteiger partial charge in [-0.2, -0.15) is 0 Å². The lowest BCUT2D eigenvalue weighted by atomic mass is 10.1. The molecule has 0 aliphatic rings. The van der Waals surface area contributed by atoms with Crippen LogP contribution in [0.4, 0.5) is 11.5 Å². The van der Waals surface area contributed by atoms with Gasteiger partial charge in [-0.1, -0.05) is 42.0 Å². The fourth-order valence-corrected chi connectivity index (χ4v) is 2.48. The summed E-state index contributed by atoms with van der Waals surface area (Å²) in [5, 5.41) is 14.1. The molecule has 0 aliphatic carbocycles. The molecule has 1 aromatic heterocycles. The smallest absolute Gasteiger partial charge is 0.276 e. The lowest BCUT2D eigenvalue weighted by molar-refractivity contribution is 0.102. The van der Waals surface area contributed by atoms with Crippen LogP contribution >= 0.6 is 0 Å². The highest BCUT2D eigenvalue weighted by Gasteiger charge is 2.08. The minimum atomic E-state index is -0.275. The lowest BCUT2D eigenvalue weighted by Gasteiger charge is -2.07. The van der Waals surface area contributed by atoms with E-state index < -0.39 is 0 Å². The van der Waals surface area contributed by atoms with Crippen LogP contribution in [-0.4, -0.2) is 16.1 Å². The molecule has 0 saturated heterocycles. The minimum Gasteiger partial charge on any atom is -0.365 e. The summed E-state index contributed by atoms with van der Waals surface area (Å²) in [7, 11) is 0. The highest BCUT2D eigenvalue weighted by molar-refractivity contribution is 6.02. The number of rotatable bonds is 5. The van der Waals surface area contributed by atoms with E-state index in [0.29, 0.717) is 12.4 Å². The van der Waals surface area contributed by atoms with Gasteiger partial charge in [-0.3, -0.25) is 4.79 Å². The first kappa shape index (κ1) is 16.6. The van der Waals surface area contributed by atoms with Gasteiger partial charge < -0.3 is 10.6 Å². The molecule has 0 aliphatic heterocycles. The first-order valence-corrected chi connectivity index (χ1v) is 8.11. The van der Waals surface area contributed by atoms with E-state index in [-0.39, 0.29) is 11.6 Å². The molecule has 0 saturated carbocycles. The third-order valence-electron chi connectivity index (χ3n) is 3.73. The van der Waals surface area contributed by atoms with Gasteiger partial charge in [0.05, 0.1) is 0 Å². The van der Waals surface area contributed by atoms with E-state index in [4.69, 9.17) is 0 Å². The van der Waals surface area contributed by atoms with E-state index in [1.807, 2.05) is 37.3 Å². The molecule has 0 radical (unpaired) electrons. The van der Waals surface area contributed by atoms with Gasteiger partial charge in [-0.05, 0) is 49.2 Å². The Balaban J connectivity index is 1.60. The molecule has 0 spiro atoms. The third kappa shape index (κ3) is 4.64. The first-order chi connectivity index (χ1) is 12.1. The number of amides is 1. The molecular weight excluding hydrogens is 312 g/mol. The minimum absolute atomic E-state index is 0.275. The Morgan fingerprint density at radius 2 is 1.68 bits per heavy atom. The molecular formula is C20H20N4O. The molecule has 126 valence electrons. The van der Waals surface area contributed by atoms with Crippen molar-refractivity contribution in [2.75, 3.05) is 10.6 Å². The van der Waals surface area contributed by atoms with E-state index >= 15 is 0 Å². The number of carbonyl (C=O) groups is 1. The van der Waals surface area contributed by atoms with Crippen LogP contribution in [0.25, 0.3) is 0 Å². The molecule has 1 amide bonds. The number of anilines is 2. The quantitative estimate of drug-likeness (QED) is 0.742. The molecule has 3 rings (SSSR count). The molecule has 1 heterocycles. The highest BCUT2D eigenvalue weighted by atomic mass is 16.1. The van der Waals surface area contributed by atoms with Crippen molar-refractivity contribution < 1.29 is 4.79 Å². The van der Waals surface area contributed by atoms with Gasteiger partial charge >= 0.3 is 0 Å². The summed E-state index contributed by atoms with van der Waals surface area (Å²) in [4.78, 5) is 12.2. The fraction of sp³-hybridized carbons (Fsp3) is 0.150. The van der Waals surface area contributed by atoms with E-state index in [1.54, 1.807) is 12.1 Å². The van der Waals surface area contributed by atoms with Gasteiger partial charge in [0.25, 0.3) is 5.91 Å². The molecule has 2 aromatic carbocycles. The maximum atomic E-state index is 12.2. The second-order valence-electron chi connectivity index (χ2n) is 5.97. The lowest BCUT2D eigenvalue weighted by Crippen LogP contribution is -2.15. The molecule has 25 heavy (non-hydrogen) atoms. The Morgan fingerprint density at radius 1 is 0.920 bits per heavy atom. The summed E-state index contributed by atoms with van der Waals surface area (Å²) < 4.78 is 0. The van der Waals surface area contributed by atoms with Crippen LogP contribution in [0.3, 0.4) is 0 Å². The predicted octanol–water partition coefficient (Wildman–Crippen LogP) is 3.96. The van der Waals surface area contributed by atoms with Crippen molar-refractivity contribution in [3.8, 4) is 0 Å². The number of benzene rings is 2. The fourth-order valence-electron chi connectivity index (χ4n) is 2.48. The van der Waals surface area contributed by atoms with E-state index in [1.165, 1.54) is 11.1 Å². The van der Waals surface area contributed by atoms with Crippen molar-refractivity contribution in [1.82, 2.24) is 10.2 Å². The van der Waals surface area contributed by atoms with Crippen LogP contribution in [0, 0.1) is 13.8 Å². The van der Waals surface area contributed by atoms with Crippen molar-refractivity contribution in [2.24, 2.45) is 0 Å². The normalized spacial score (nSPS) is 10.3. The molecule has 0 bridgehead atoms. The molecule has 2 N–H and O–H groups in total. The van der Waals surface area contributed by atoms with Gasteiger partial charge in [0.2, 0.25) is 0 Å². The Hall–Kier alpha value is -3.21. The van der Waals surface area contributed by atoms with Crippen molar-refractivity contribution >= 4 is 17.4 Å². The number of aromatic nitrogens is 2. The standard InChI is InChI=1S/C20H20N4O/c1-14-5-3-7-16(11-14)13-21-19-10-9-18(23-24-19)20(25)22-17-8-4-6-15(2)12-17/h3-12H,13H2,1-2H3,(H,21,24)(H,22,25). The van der Waals surface area contributed by atoms with Gasteiger partial charge in [-0.25, -0.2) is 0 Å². The Kier molecular flexibility index (Phi) is 5.04. The van der Waals surface area contributed by atoms with Crippen LogP contribution in [0.2, 0.25) is 0 Å². The molecule has 0 unspecified atom stereocenters. The first-order valence-electron chi connectivity index (χ1n) is 8.11. The maximum absolute atomic E-state index is 12.2. The van der Waals surface area contributed by atoms with Crippen LogP contribution in [0.15, 0.2) is 60.7 Å². The number of hydrogen-bond donors (Lipinski definition) is 2. The van der Waals surface area contributed by atoms with E-state index in [0.717, 1.165) is 11.3 Å². The molecule has 3 aromatic rings. The molecule has 5 nitrogen and oxygen atoms in total. The summed E-state index contributed by atoms with van der Waals surface area (Å²) in [5.41, 5.74) is 4.49. The second kappa shape index (κ2) is 7.57. The summed E-state index contributed by atoms with van der Waals surface area (Å²) in [6, 6.07) is 19.3. The van der Waals surface area contributed by atoms with Crippen molar-refractivity contribution in [1.29, 1.82) is 0 Å². The topological polar surface area (TPSA) is 66.9 Å². The number of hydrogen-bond acceptors (Lipinski definition) is 4. The van der Waals surface area contributed by atoms with E-state index in [9.17, 15) is 4.79 Å². The molecule has 5 heteroatoms. The zero-order valence-corrected chi connectivity index (χ0v) is 14.3. The van der Waals surface area contributed by atoms with Gasteiger partial charge in [0, 0.05) is 12.2 Å². The largest absolute Gasteiger partial charge is 0.365 e. The van der Waals surface area contributed by atoms with Crippen LogP contribution in [0.5, 0.6) is 0 Å². The Morgan fingerprint density at radius 3 is 2.36 bits per heavy atom. The third-order valence-corrected chi connectivity index (χ3v) is 3.73. The zero-order chi connectivity index (χ0) is 17.6. The SMILES string of the molecule is Cc1cccc(CNc2ccc(C(=O)Nc3cccc(C)c3)nn2)c1. The second-order valence-corrected chi connectivity index (χ2v) is 5.97. The van der Waals surface area contributed by atoms with Crippen LogP contribution in [0.1, 0.15) is 27.2 Å². The Labute approximate surface area is 147 Å². The number of nitrogens with one attached hydrogen (secondary N) is 2. The van der Waals surface area contributed by atoms with Crippen molar-refractivity contribution in [3.63, 3.8) is 0 Å². The summed E-state index contributed by atoms with van der Waals surface area (Å²) in [6.45, 7) is 4.69. The van der Waals surface area contributed by atoms with E-state index in [2.05, 4.69) is 46.0 Å². The van der Waals surface area contributed by atoms with Crippen molar-refractivity contribution in [2.45, 2.75) is 20.4 Å². The van der Waals surface area contributed by atoms with Gasteiger partial charge in [0.15, 0.2) is 5.69 Å². The zero-order valence-electron chi connectivity index (χ0n) is 14.3. The Bertz CT molecular complexity index is 875. The van der Waals surface area contributed by atoms with Crippen LogP contribution < -0.4 is 10.6 Å². The summed E-state index contributed by atoms with van der Waals surface area (Å²) in [5.74, 6) is 0.358. The van der Waals surface area contributed by atoms with Gasteiger partial charge in [0.1, 0.15) is 5.82 Å².